The van der Waals surface area contributed by atoms with Gasteiger partial charge in [-0.05, 0) is 46.9 Å². The van der Waals surface area contributed by atoms with E-state index < -0.39 is 0 Å². The molecule has 0 heterocycles. The highest BCUT2D eigenvalue weighted by atomic mass is 127. The first-order valence-corrected chi connectivity index (χ1v) is 7.00. The summed E-state index contributed by atoms with van der Waals surface area (Å²) >= 11 is 3.57. The van der Waals surface area contributed by atoms with Crippen LogP contribution in [0.2, 0.25) is 0 Å². The van der Waals surface area contributed by atoms with E-state index in [9.17, 15) is 4.39 Å². The molecule has 84 valence electrons. The number of hydrogen-bond acceptors (Lipinski definition) is 2. The molecule has 0 fully saturated rings. The van der Waals surface area contributed by atoms with Crippen molar-refractivity contribution in [3.8, 4) is 5.75 Å². The van der Waals surface area contributed by atoms with Crippen LogP contribution in [0.1, 0.15) is 13.8 Å². The third-order valence-electron chi connectivity index (χ3n) is 1.76. The molecule has 0 radical (unpaired) electrons. The molecule has 1 aromatic rings. The first-order valence-electron chi connectivity index (χ1n) is 4.70. The van der Waals surface area contributed by atoms with E-state index in [4.69, 9.17) is 4.74 Å². The molecule has 0 unspecified atom stereocenters. The van der Waals surface area contributed by atoms with Crippen molar-refractivity contribution in [2.45, 2.75) is 18.7 Å². The summed E-state index contributed by atoms with van der Waals surface area (Å²) in [4.78, 5) is 0.639. The van der Waals surface area contributed by atoms with Crippen molar-refractivity contribution in [2.75, 3.05) is 12.9 Å². The van der Waals surface area contributed by atoms with Crippen LogP contribution < -0.4 is 4.74 Å². The lowest BCUT2D eigenvalue weighted by Crippen LogP contribution is -2.06. The summed E-state index contributed by atoms with van der Waals surface area (Å²) in [5, 5.41) is 0. The van der Waals surface area contributed by atoms with Gasteiger partial charge in [-0.25, -0.2) is 4.39 Å². The summed E-state index contributed by atoms with van der Waals surface area (Å²) in [5.74, 6) is 0.517. The fraction of sp³-hybridized carbons (Fsp3) is 0.455. The first kappa shape index (κ1) is 13.1. The lowest BCUT2D eigenvalue weighted by Gasteiger charge is -2.11. The number of thioether (sulfide) groups is 1. The van der Waals surface area contributed by atoms with Crippen molar-refractivity contribution in [1.29, 1.82) is 0 Å². The van der Waals surface area contributed by atoms with Crippen LogP contribution in [-0.2, 0) is 0 Å². The number of benzene rings is 1. The Labute approximate surface area is 108 Å². The van der Waals surface area contributed by atoms with Crippen LogP contribution in [0.4, 0.5) is 4.39 Å². The number of halogens is 2. The highest BCUT2D eigenvalue weighted by Crippen LogP contribution is 2.30. The average Bonchev–Trinajstić information content (AvgIpc) is 2.18. The highest BCUT2D eigenvalue weighted by molar-refractivity contribution is 14.1. The van der Waals surface area contributed by atoms with Gasteiger partial charge in [0.25, 0.3) is 0 Å². The lowest BCUT2D eigenvalue weighted by molar-refractivity contribution is 0.257. The molecule has 0 aliphatic heterocycles. The van der Waals surface area contributed by atoms with Gasteiger partial charge in [-0.1, -0.05) is 13.8 Å². The minimum Gasteiger partial charge on any atom is -0.490 e. The van der Waals surface area contributed by atoms with Crippen LogP contribution in [0, 0.1) is 15.3 Å². The standard InChI is InChI=1S/C11H14FIOS/c1-7(2)6-14-9-4-8(13)5-10(15-3)11(9)12/h4-5,7H,6H2,1-3H3. The molecule has 0 amide bonds. The second kappa shape index (κ2) is 5.94. The van der Waals surface area contributed by atoms with Gasteiger partial charge in [0.2, 0.25) is 0 Å². The molecule has 0 N–H and O–H groups in total. The van der Waals surface area contributed by atoms with Crippen molar-refractivity contribution in [3.05, 3.63) is 21.5 Å². The number of hydrogen-bond donors (Lipinski definition) is 0. The van der Waals surface area contributed by atoms with Gasteiger partial charge < -0.3 is 4.74 Å². The minimum atomic E-state index is -0.247. The monoisotopic (exact) mass is 340 g/mol. The molecule has 1 aromatic carbocycles. The fourth-order valence-electron chi connectivity index (χ4n) is 1.05. The molecule has 0 saturated carbocycles. The van der Waals surface area contributed by atoms with E-state index >= 15 is 0 Å². The van der Waals surface area contributed by atoms with Gasteiger partial charge in [0.1, 0.15) is 0 Å². The Morgan fingerprint density at radius 3 is 2.67 bits per heavy atom. The summed E-state index contributed by atoms with van der Waals surface area (Å²) in [6.45, 7) is 4.63. The van der Waals surface area contributed by atoms with E-state index in [1.165, 1.54) is 11.8 Å². The molecule has 0 aliphatic rings. The van der Waals surface area contributed by atoms with E-state index in [0.29, 0.717) is 23.2 Å². The molecule has 0 atom stereocenters. The topological polar surface area (TPSA) is 9.23 Å². The van der Waals surface area contributed by atoms with E-state index in [1.807, 2.05) is 26.2 Å². The third kappa shape index (κ3) is 3.83. The van der Waals surface area contributed by atoms with E-state index in [1.54, 1.807) is 6.07 Å². The predicted molar refractivity (Wildman–Crippen MR) is 71.2 cm³/mol. The van der Waals surface area contributed by atoms with Crippen LogP contribution in [0.15, 0.2) is 17.0 Å². The lowest BCUT2D eigenvalue weighted by atomic mass is 10.2. The summed E-state index contributed by atoms with van der Waals surface area (Å²) in [6.07, 6.45) is 1.86. The molecule has 15 heavy (non-hydrogen) atoms. The minimum absolute atomic E-state index is 0.247. The Balaban J connectivity index is 2.91. The summed E-state index contributed by atoms with van der Waals surface area (Å²) in [7, 11) is 0. The quantitative estimate of drug-likeness (QED) is 0.601. The largest absolute Gasteiger partial charge is 0.490 e. The van der Waals surface area contributed by atoms with Crippen LogP contribution >= 0.6 is 34.4 Å². The van der Waals surface area contributed by atoms with Gasteiger partial charge >= 0.3 is 0 Å². The fourth-order valence-corrected chi connectivity index (χ4v) is 2.38. The van der Waals surface area contributed by atoms with E-state index in [-0.39, 0.29) is 5.82 Å². The average molecular weight is 340 g/mol. The SMILES string of the molecule is CSc1cc(I)cc(OCC(C)C)c1F. The number of ether oxygens (including phenoxy) is 1. The Bertz CT molecular complexity index is 342. The van der Waals surface area contributed by atoms with Gasteiger partial charge in [-0.2, -0.15) is 0 Å². The molecule has 1 rings (SSSR count). The molecular weight excluding hydrogens is 326 g/mol. The Kier molecular flexibility index (Phi) is 5.18. The van der Waals surface area contributed by atoms with Crippen molar-refractivity contribution >= 4 is 34.4 Å². The Morgan fingerprint density at radius 2 is 2.13 bits per heavy atom. The second-order valence-corrected chi connectivity index (χ2v) is 5.72. The smallest absolute Gasteiger partial charge is 0.178 e. The maximum Gasteiger partial charge on any atom is 0.178 e. The predicted octanol–water partition coefficient (Wildman–Crippen LogP) is 4.19. The van der Waals surface area contributed by atoms with Crippen molar-refractivity contribution < 1.29 is 9.13 Å². The third-order valence-corrected chi connectivity index (χ3v) is 3.12. The number of rotatable bonds is 4. The van der Waals surface area contributed by atoms with Crippen LogP contribution in [0.3, 0.4) is 0 Å². The highest BCUT2D eigenvalue weighted by Gasteiger charge is 2.11. The molecular formula is C11H14FIOS. The second-order valence-electron chi connectivity index (χ2n) is 3.63. The molecule has 0 bridgehead atoms. The van der Waals surface area contributed by atoms with Crippen LogP contribution in [-0.4, -0.2) is 12.9 Å². The summed E-state index contributed by atoms with van der Waals surface area (Å²) in [6, 6.07) is 3.56. The Morgan fingerprint density at radius 1 is 1.47 bits per heavy atom. The zero-order valence-electron chi connectivity index (χ0n) is 9.01. The van der Waals surface area contributed by atoms with E-state index in [0.717, 1.165) is 3.57 Å². The summed E-state index contributed by atoms with van der Waals surface area (Å²) in [5.41, 5.74) is 0. The molecule has 0 aromatic heterocycles. The molecule has 0 saturated heterocycles. The normalized spacial score (nSPS) is 10.8. The van der Waals surface area contributed by atoms with Gasteiger partial charge in [0.05, 0.1) is 6.61 Å². The summed E-state index contributed by atoms with van der Waals surface area (Å²) < 4.78 is 20.2. The van der Waals surface area contributed by atoms with E-state index in [2.05, 4.69) is 22.6 Å². The zero-order chi connectivity index (χ0) is 11.4. The zero-order valence-corrected chi connectivity index (χ0v) is 12.0. The van der Waals surface area contributed by atoms with Crippen molar-refractivity contribution in [2.24, 2.45) is 5.92 Å². The van der Waals surface area contributed by atoms with Gasteiger partial charge in [0.15, 0.2) is 11.6 Å². The van der Waals surface area contributed by atoms with Crippen LogP contribution in [0.5, 0.6) is 5.75 Å². The molecule has 0 spiro atoms. The van der Waals surface area contributed by atoms with Crippen LogP contribution in [0.25, 0.3) is 0 Å². The molecule has 1 nitrogen and oxygen atoms in total. The van der Waals surface area contributed by atoms with Gasteiger partial charge in [0, 0.05) is 8.47 Å². The van der Waals surface area contributed by atoms with Gasteiger partial charge in [-0.15, -0.1) is 11.8 Å². The Hall–Kier alpha value is 0.0300. The first-order chi connectivity index (χ1) is 7.04. The maximum absolute atomic E-state index is 13.8. The molecule has 4 heteroatoms. The van der Waals surface area contributed by atoms with Gasteiger partial charge in [-0.3, -0.25) is 0 Å². The van der Waals surface area contributed by atoms with Crippen molar-refractivity contribution in [3.63, 3.8) is 0 Å². The molecule has 0 aliphatic carbocycles. The van der Waals surface area contributed by atoms with Crippen molar-refractivity contribution in [1.82, 2.24) is 0 Å². The maximum atomic E-state index is 13.8.